The summed E-state index contributed by atoms with van der Waals surface area (Å²) in [4.78, 5) is 16.9. The summed E-state index contributed by atoms with van der Waals surface area (Å²) >= 11 is 1.92. The lowest BCUT2D eigenvalue weighted by molar-refractivity contribution is -0.133. The van der Waals surface area contributed by atoms with Crippen LogP contribution in [0.2, 0.25) is 0 Å². The highest BCUT2D eigenvalue weighted by molar-refractivity contribution is 7.98. The topological polar surface area (TPSA) is 23.6 Å². The average Bonchev–Trinajstić information content (AvgIpc) is 2.54. The molecule has 1 aromatic rings. The van der Waals surface area contributed by atoms with Crippen LogP contribution < -0.4 is 0 Å². The maximum atomic E-state index is 12.6. The van der Waals surface area contributed by atoms with E-state index in [0.717, 1.165) is 32.1 Å². The van der Waals surface area contributed by atoms with E-state index in [4.69, 9.17) is 0 Å². The van der Waals surface area contributed by atoms with Crippen molar-refractivity contribution >= 4 is 17.7 Å². The Hall–Kier alpha value is -1.00. The third-order valence-electron chi connectivity index (χ3n) is 4.32. The minimum absolute atomic E-state index is 0.260. The zero-order valence-corrected chi connectivity index (χ0v) is 14.6. The number of rotatable bonds is 7. The number of piperidine rings is 1. The van der Waals surface area contributed by atoms with E-state index in [1.54, 1.807) is 0 Å². The Bertz CT molecular complexity index is 450. The van der Waals surface area contributed by atoms with E-state index in [1.165, 1.54) is 24.2 Å². The number of benzene rings is 1. The first-order valence-electron chi connectivity index (χ1n) is 8.26. The van der Waals surface area contributed by atoms with Crippen molar-refractivity contribution in [3.05, 3.63) is 35.9 Å². The van der Waals surface area contributed by atoms with Gasteiger partial charge >= 0.3 is 0 Å². The summed E-state index contributed by atoms with van der Waals surface area (Å²) < 4.78 is 0. The standard InChI is InChI=1S/C18H28N2OS/c1-3-20(13-16-8-5-4-6-9-16)18(21)14-19-11-7-10-17(12-19)15-22-2/h4-6,8-9,17H,3,7,10-15H2,1-2H3/t17-/m0/s1. The monoisotopic (exact) mass is 320 g/mol. The van der Waals surface area contributed by atoms with Crippen LogP contribution in [-0.4, -0.2) is 53.9 Å². The summed E-state index contributed by atoms with van der Waals surface area (Å²) in [7, 11) is 0. The predicted molar refractivity (Wildman–Crippen MR) is 95.1 cm³/mol. The predicted octanol–water partition coefficient (Wildman–Crippen LogP) is 3.11. The Morgan fingerprint density at radius 2 is 2.14 bits per heavy atom. The summed E-state index contributed by atoms with van der Waals surface area (Å²) in [6.07, 6.45) is 4.71. The maximum Gasteiger partial charge on any atom is 0.237 e. The molecule has 1 saturated heterocycles. The molecule has 22 heavy (non-hydrogen) atoms. The largest absolute Gasteiger partial charge is 0.338 e. The van der Waals surface area contributed by atoms with Gasteiger partial charge in [0.25, 0.3) is 0 Å². The van der Waals surface area contributed by atoms with E-state index in [2.05, 4.69) is 30.2 Å². The lowest BCUT2D eigenvalue weighted by Crippen LogP contribution is -2.44. The summed E-state index contributed by atoms with van der Waals surface area (Å²) in [5.74, 6) is 2.23. The summed E-state index contributed by atoms with van der Waals surface area (Å²) in [5, 5.41) is 0. The van der Waals surface area contributed by atoms with Crippen molar-refractivity contribution in [2.75, 3.05) is 38.2 Å². The fourth-order valence-electron chi connectivity index (χ4n) is 3.14. The van der Waals surface area contributed by atoms with Gasteiger partial charge in [-0.25, -0.2) is 0 Å². The number of carbonyl (C=O) groups excluding carboxylic acids is 1. The summed E-state index contributed by atoms with van der Waals surface area (Å²) in [6, 6.07) is 10.3. The molecule has 1 atom stereocenters. The second kappa shape index (κ2) is 9.21. The zero-order chi connectivity index (χ0) is 15.8. The van der Waals surface area contributed by atoms with E-state index < -0.39 is 0 Å². The smallest absolute Gasteiger partial charge is 0.237 e. The number of thioether (sulfide) groups is 1. The molecular formula is C18H28N2OS. The molecule has 0 aromatic heterocycles. The van der Waals surface area contributed by atoms with Crippen LogP contribution in [0.1, 0.15) is 25.3 Å². The molecular weight excluding hydrogens is 292 g/mol. The number of likely N-dealkylation sites (N-methyl/N-ethyl adjacent to an activating group) is 1. The number of hydrogen-bond acceptors (Lipinski definition) is 3. The molecule has 4 heteroatoms. The fourth-order valence-corrected chi connectivity index (χ4v) is 3.88. The van der Waals surface area contributed by atoms with E-state index >= 15 is 0 Å². The van der Waals surface area contributed by atoms with E-state index in [-0.39, 0.29) is 5.91 Å². The quantitative estimate of drug-likeness (QED) is 0.771. The van der Waals surface area contributed by atoms with Gasteiger partial charge in [-0.05, 0) is 49.8 Å². The molecule has 122 valence electrons. The third-order valence-corrected chi connectivity index (χ3v) is 5.12. The van der Waals surface area contributed by atoms with E-state index in [9.17, 15) is 4.79 Å². The van der Waals surface area contributed by atoms with Gasteiger partial charge in [-0.2, -0.15) is 11.8 Å². The molecule has 0 saturated carbocycles. The molecule has 1 aliphatic rings. The summed E-state index contributed by atoms with van der Waals surface area (Å²) in [5.41, 5.74) is 1.21. The number of carbonyl (C=O) groups is 1. The molecule has 2 rings (SSSR count). The van der Waals surface area contributed by atoms with Crippen molar-refractivity contribution in [1.29, 1.82) is 0 Å². The summed E-state index contributed by atoms with van der Waals surface area (Å²) in [6.45, 7) is 6.28. The van der Waals surface area contributed by atoms with Crippen LogP contribution in [0, 0.1) is 5.92 Å². The molecule has 1 amide bonds. The van der Waals surface area contributed by atoms with Crippen molar-refractivity contribution in [3.8, 4) is 0 Å². The first-order chi connectivity index (χ1) is 10.7. The van der Waals surface area contributed by atoms with Gasteiger partial charge in [0.05, 0.1) is 6.54 Å². The van der Waals surface area contributed by atoms with Crippen LogP contribution in [0.3, 0.4) is 0 Å². The van der Waals surface area contributed by atoms with Gasteiger partial charge < -0.3 is 4.90 Å². The van der Waals surface area contributed by atoms with Gasteiger partial charge in [0, 0.05) is 19.6 Å². The van der Waals surface area contributed by atoms with Gasteiger partial charge in [-0.15, -0.1) is 0 Å². The van der Waals surface area contributed by atoms with E-state index in [1.807, 2.05) is 34.9 Å². The Morgan fingerprint density at radius 3 is 2.82 bits per heavy atom. The molecule has 3 nitrogen and oxygen atoms in total. The van der Waals surface area contributed by atoms with E-state index in [0.29, 0.717) is 6.54 Å². The Labute approximate surface area is 139 Å². The van der Waals surface area contributed by atoms with Gasteiger partial charge in [0.1, 0.15) is 0 Å². The second-order valence-electron chi connectivity index (χ2n) is 6.09. The number of likely N-dealkylation sites (tertiary alicyclic amines) is 1. The molecule has 0 bridgehead atoms. The first-order valence-corrected chi connectivity index (χ1v) is 9.65. The highest BCUT2D eigenvalue weighted by Crippen LogP contribution is 2.19. The minimum atomic E-state index is 0.260. The number of hydrogen-bond donors (Lipinski definition) is 0. The molecule has 0 N–H and O–H groups in total. The van der Waals surface area contributed by atoms with Crippen LogP contribution in [0.15, 0.2) is 30.3 Å². The van der Waals surface area contributed by atoms with Crippen molar-refractivity contribution in [2.24, 2.45) is 5.92 Å². The van der Waals surface area contributed by atoms with Crippen molar-refractivity contribution in [3.63, 3.8) is 0 Å². The van der Waals surface area contributed by atoms with Gasteiger partial charge in [0.2, 0.25) is 5.91 Å². The van der Waals surface area contributed by atoms with Gasteiger partial charge in [-0.3, -0.25) is 9.69 Å². The third kappa shape index (κ3) is 5.33. The van der Waals surface area contributed by atoms with Crippen LogP contribution in [0.4, 0.5) is 0 Å². The molecule has 1 aliphatic heterocycles. The van der Waals surface area contributed by atoms with Crippen molar-refractivity contribution < 1.29 is 4.79 Å². The van der Waals surface area contributed by atoms with Crippen LogP contribution >= 0.6 is 11.8 Å². The second-order valence-corrected chi connectivity index (χ2v) is 7.00. The lowest BCUT2D eigenvalue weighted by Gasteiger charge is -2.33. The minimum Gasteiger partial charge on any atom is -0.338 e. The van der Waals surface area contributed by atoms with Crippen molar-refractivity contribution in [2.45, 2.75) is 26.3 Å². The van der Waals surface area contributed by atoms with Crippen LogP contribution in [0.5, 0.6) is 0 Å². The van der Waals surface area contributed by atoms with Crippen LogP contribution in [0.25, 0.3) is 0 Å². The molecule has 1 aromatic carbocycles. The van der Waals surface area contributed by atoms with Crippen molar-refractivity contribution in [1.82, 2.24) is 9.80 Å². The zero-order valence-electron chi connectivity index (χ0n) is 13.8. The molecule has 0 radical (unpaired) electrons. The highest BCUT2D eigenvalue weighted by Gasteiger charge is 2.23. The highest BCUT2D eigenvalue weighted by atomic mass is 32.2. The molecule has 1 fully saturated rings. The molecule has 0 spiro atoms. The Balaban J connectivity index is 1.86. The molecule has 0 unspecified atom stereocenters. The fraction of sp³-hybridized carbons (Fsp3) is 0.611. The normalized spacial score (nSPS) is 19.1. The first kappa shape index (κ1) is 17.4. The molecule has 0 aliphatic carbocycles. The van der Waals surface area contributed by atoms with Crippen LogP contribution in [-0.2, 0) is 11.3 Å². The van der Waals surface area contributed by atoms with Gasteiger partial charge in [0.15, 0.2) is 0 Å². The SMILES string of the molecule is CCN(Cc1ccccc1)C(=O)CN1CCC[C@H](CSC)C1. The average molecular weight is 321 g/mol. The Morgan fingerprint density at radius 1 is 1.36 bits per heavy atom. The Kier molecular flexibility index (Phi) is 7.26. The lowest BCUT2D eigenvalue weighted by atomic mass is 10.00. The molecule has 1 heterocycles. The number of amides is 1. The van der Waals surface area contributed by atoms with Gasteiger partial charge in [-0.1, -0.05) is 30.3 Å². The number of nitrogens with zero attached hydrogens (tertiary/aromatic N) is 2. The maximum absolute atomic E-state index is 12.6.